The molecular weight excluding hydrogens is 525 g/mol. The first kappa shape index (κ1) is 30.8. The number of carbonyl (C=O) groups excluding carboxylic acids is 1. The van der Waals surface area contributed by atoms with E-state index in [-0.39, 0.29) is 63.2 Å². The number of ether oxygens (including phenoxy) is 2. The van der Waals surface area contributed by atoms with Crippen LogP contribution >= 0.6 is 11.3 Å². The smallest absolute Gasteiger partial charge is 0.547 e. The fourth-order valence-electron chi connectivity index (χ4n) is 3.87. The normalized spacial score (nSPS) is 12.1. The third-order valence-corrected chi connectivity index (χ3v) is 7.34. The van der Waals surface area contributed by atoms with Crippen molar-refractivity contribution >= 4 is 17.3 Å². The van der Waals surface area contributed by atoms with Crippen LogP contribution in [0.2, 0.25) is 0 Å². The third-order valence-electron chi connectivity index (χ3n) is 6.08. The molecule has 0 N–H and O–H groups in total. The second-order valence-corrected chi connectivity index (χ2v) is 11.2. The van der Waals surface area contributed by atoms with Crippen molar-refractivity contribution in [1.29, 1.82) is 0 Å². The minimum Gasteiger partial charge on any atom is -0.547 e. The van der Waals surface area contributed by atoms with Gasteiger partial charge in [-0.1, -0.05) is 62.3 Å². The van der Waals surface area contributed by atoms with E-state index in [1.54, 1.807) is 18.3 Å². The number of aliphatic carboxylic acids is 1. The van der Waals surface area contributed by atoms with E-state index in [1.807, 2.05) is 30.3 Å². The number of thiophene rings is 1. The number of nitrogens with zero attached hydrogens (tertiary/aromatic N) is 1. The number of aryl methyl sites for hydroxylation is 1. The predicted molar refractivity (Wildman–Crippen MR) is 144 cm³/mol. The zero-order chi connectivity index (χ0) is 26.6. The number of carbonyl (C=O) groups is 1. The van der Waals surface area contributed by atoms with Crippen LogP contribution in [0.5, 0.6) is 5.75 Å². The zero-order valence-corrected chi connectivity index (χ0v) is 26.8. The van der Waals surface area contributed by atoms with Crippen LogP contribution in [0.15, 0.2) is 65.2 Å². The van der Waals surface area contributed by atoms with Gasteiger partial charge in [0.2, 0.25) is 0 Å². The Morgan fingerprint density at radius 1 is 1.05 bits per heavy atom. The molecule has 4 rings (SSSR count). The fraction of sp³-hybridized carbons (Fsp3) is 0.333. The molecule has 2 heterocycles. The number of rotatable bonds is 10. The maximum absolute atomic E-state index is 11.2. The molecule has 0 fully saturated rings. The number of hydrogen-bond acceptors (Lipinski definition) is 7. The number of hydrogen-bond donors (Lipinski definition) is 0. The topological polar surface area (TPSA) is 84.6 Å². The van der Waals surface area contributed by atoms with Gasteiger partial charge in [0.1, 0.15) is 29.9 Å². The van der Waals surface area contributed by atoms with E-state index < -0.39 is 12.1 Å². The first-order valence-electron chi connectivity index (χ1n) is 12.4. The Balaban J connectivity index is 0.00000400. The number of carboxylic acid groups (broad SMARTS) is 1. The van der Waals surface area contributed by atoms with Gasteiger partial charge in [-0.3, -0.25) is 0 Å². The van der Waals surface area contributed by atoms with Gasteiger partial charge in [-0.05, 0) is 48.7 Å². The van der Waals surface area contributed by atoms with Crippen LogP contribution in [0.3, 0.4) is 0 Å². The quantitative estimate of drug-likeness (QED) is 0.279. The minimum atomic E-state index is -1.20. The molecule has 0 saturated carbocycles. The molecule has 38 heavy (non-hydrogen) atoms. The summed E-state index contributed by atoms with van der Waals surface area (Å²) in [6, 6.07) is 20.0. The number of carboxylic acids is 1. The molecule has 0 amide bonds. The van der Waals surface area contributed by atoms with Gasteiger partial charge < -0.3 is 23.9 Å². The van der Waals surface area contributed by atoms with Crippen LogP contribution in [-0.2, 0) is 28.0 Å². The summed E-state index contributed by atoms with van der Waals surface area (Å²) in [5, 5.41) is 15.4. The fourth-order valence-corrected chi connectivity index (χ4v) is 4.96. The van der Waals surface area contributed by atoms with Gasteiger partial charge in [0.05, 0.1) is 5.97 Å². The van der Waals surface area contributed by atoms with Crippen molar-refractivity contribution in [2.45, 2.75) is 59.2 Å². The van der Waals surface area contributed by atoms with E-state index in [9.17, 15) is 9.90 Å². The molecule has 0 aliphatic carbocycles. The van der Waals surface area contributed by atoms with E-state index in [1.165, 1.54) is 10.4 Å². The molecule has 2 aromatic heterocycles. The largest absolute Gasteiger partial charge is 1.00 e. The summed E-state index contributed by atoms with van der Waals surface area (Å²) in [4.78, 5) is 13.5. The van der Waals surface area contributed by atoms with Gasteiger partial charge in [0.15, 0.2) is 0 Å². The van der Waals surface area contributed by atoms with Crippen LogP contribution in [-0.4, -0.2) is 23.8 Å². The summed E-state index contributed by atoms with van der Waals surface area (Å²) in [7, 11) is 0. The summed E-state index contributed by atoms with van der Waals surface area (Å²) in [6.45, 7) is 11.0. The molecule has 0 aliphatic rings. The molecule has 0 unspecified atom stereocenters. The summed E-state index contributed by atoms with van der Waals surface area (Å²) < 4.78 is 16.8. The Kier molecular flexibility index (Phi) is 10.9. The standard InChI is InChI=1S/C30H33NO5S.K/c1-6-34-25(29(32)33)16-20-7-13-23(14-8-20)35-18-27-19(2)15-26(37-27)22-11-9-21(10-12-22)24-17-28(36-31-24)30(3,4)5;/h7-15,17,25H,6,16,18H2,1-5H3,(H,32,33);/q;+1/p-1/t25-;/m0./s1. The first-order valence-corrected chi connectivity index (χ1v) is 13.2. The van der Waals surface area contributed by atoms with Gasteiger partial charge in [0.25, 0.3) is 0 Å². The third kappa shape index (κ3) is 7.88. The van der Waals surface area contributed by atoms with E-state index in [4.69, 9.17) is 14.0 Å². The van der Waals surface area contributed by atoms with Crippen LogP contribution in [0.25, 0.3) is 21.7 Å². The van der Waals surface area contributed by atoms with E-state index in [0.29, 0.717) is 13.2 Å². The molecule has 8 heteroatoms. The van der Waals surface area contributed by atoms with Crippen molar-refractivity contribution in [3.05, 3.63) is 82.4 Å². The molecule has 194 valence electrons. The van der Waals surface area contributed by atoms with Crippen molar-refractivity contribution in [2.24, 2.45) is 0 Å². The van der Waals surface area contributed by atoms with E-state index >= 15 is 0 Å². The maximum atomic E-state index is 11.2. The average molecular weight is 558 g/mol. The van der Waals surface area contributed by atoms with Gasteiger partial charge in [-0.15, -0.1) is 11.3 Å². The molecule has 0 spiro atoms. The molecule has 2 aromatic carbocycles. The molecule has 0 saturated heterocycles. The molecule has 6 nitrogen and oxygen atoms in total. The Hall–Kier alpha value is -1.78. The Morgan fingerprint density at radius 3 is 2.29 bits per heavy atom. The summed E-state index contributed by atoms with van der Waals surface area (Å²) >= 11 is 1.71. The first-order chi connectivity index (χ1) is 17.6. The van der Waals surface area contributed by atoms with Gasteiger partial charge in [0, 0.05) is 39.8 Å². The predicted octanol–water partition coefficient (Wildman–Crippen LogP) is 2.96. The van der Waals surface area contributed by atoms with E-state index in [0.717, 1.165) is 38.8 Å². The van der Waals surface area contributed by atoms with Gasteiger partial charge >= 0.3 is 51.4 Å². The van der Waals surface area contributed by atoms with Crippen molar-refractivity contribution < 1.29 is 75.3 Å². The van der Waals surface area contributed by atoms with Crippen LogP contribution in [0.1, 0.15) is 49.5 Å². The maximum Gasteiger partial charge on any atom is 1.00 e. The molecule has 4 aromatic rings. The van der Waals surface area contributed by atoms with Crippen molar-refractivity contribution in [2.75, 3.05) is 6.61 Å². The average Bonchev–Trinajstić information content (AvgIpc) is 3.51. The van der Waals surface area contributed by atoms with Crippen molar-refractivity contribution in [1.82, 2.24) is 5.16 Å². The molecular formula is C30H32KNO5S. The Labute approximate surface area is 270 Å². The van der Waals surface area contributed by atoms with Crippen LogP contribution in [0.4, 0.5) is 0 Å². The minimum absolute atomic E-state index is 0. The second-order valence-electron chi connectivity index (χ2n) is 10.0. The second kappa shape index (κ2) is 13.5. The molecule has 0 radical (unpaired) electrons. The molecule has 1 atom stereocenters. The number of aromatic nitrogens is 1. The molecule has 0 aliphatic heterocycles. The van der Waals surface area contributed by atoms with Crippen LogP contribution in [0, 0.1) is 6.92 Å². The van der Waals surface area contributed by atoms with Gasteiger partial charge in [-0.25, -0.2) is 0 Å². The van der Waals surface area contributed by atoms with Crippen LogP contribution < -0.4 is 61.2 Å². The van der Waals surface area contributed by atoms with Gasteiger partial charge in [-0.2, -0.15) is 0 Å². The summed E-state index contributed by atoms with van der Waals surface area (Å²) in [5.74, 6) is 0.395. The monoisotopic (exact) mass is 557 g/mol. The number of benzene rings is 2. The Bertz CT molecular complexity index is 1340. The van der Waals surface area contributed by atoms with Crippen molar-refractivity contribution in [3.8, 4) is 27.4 Å². The Morgan fingerprint density at radius 2 is 1.71 bits per heavy atom. The van der Waals surface area contributed by atoms with Crippen molar-refractivity contribution in [3.63, 3.8) is 0 Å². The molecule has 0 bridgehead atoms. The summed E-state index contributed by atoms with van der Waals surface area (Å²) in [5.41, 5.74) is 4.96. The SMILES string of the molecule is CCO[C@@H](Cc1ccc(OCc2sc(-c3ccc(-c4cc(C(C)(C)C)on4)cc3)cc2C)cc1)C(=O)[O-].[K+]. The van der Waals surface area contributed by atoms with E-state index in [2.05, 4.69) is 63.2 Å². The zero-order valence-electron chi connectivity index (χ0n) is 22.9. The summed E-state index contributed by atoms with van der Waals surface area (Å²) in [6.07, 6.45) is -0.688.